The second-order valence-corrected chi connectivity index (χ2v) is 3.48. The molecule has 62 valence electrons. The Kier molecular flexibility index (Phi) is 1.62. The first-order valence-corrected chi connectivity index (χ1v) is 3.45. The number of rotatable bonds is 1. The largest absolute Gasteiger partial charge is 0.481 e. The van der Waals surface area contributed by atoms with Crippen LogP contribution >= 0.6 is 0 Å². The summed E-state index contributed by atoms with van der Waals surface area (Å²) in [6.45, 7) is 3.98. The van der Waals surface area contributed by atoms with E-state index in [9.17, 15) is 9.59 Å². The van der Waals surface area contributed by atoms with Crippen molar-refractivity contribution in [2.75, 3.05) is 6.54 Å². The third-order valence-corrected chi connectivity index (χ3v) is 2.01. The summed E-state index contributed by atoms with van der Waals surface area (Å²) in [4.78, 5) is 21.5. The van der Waals surface area contributed by atoms with Crippen molar-refractivity contribution in [2.45, 2.75) is 13.8 Å². The van der Waals surface area contributed by atoms with E-state index in [2.05, 4.69) is 5.32 Å². The first kappa shape index (κ1) is 8.04. The molecule has 4 nitrogen and oxygen atoms in total. The summed E-state index contributed by atoms with van der Waals surface area (Å²) in [5, 5.41) is 11.2. The van der Waals surface area contributed by atoms with Gasteiger partial charge in [0.1, 0.15) is 5.92 Å². The predicted molar refractivity (Wildman–Crippen MR) is 37.9 cm³/mol. The van der Waals surface area contributed by atoms with Crippen LogP contribution in [0.4, 0.5) is 0 Å². The van der Waals surface area contributed by atoms with Crippen LogP contribution in [0.5, 0.6) is 0 Å². The minimum absolute atomic E-state index is 0.373. The van der Waals surface area contributed by atoms with Gasteiger partial charge in [-0.15, -0.1) is 0 Å². The molecule has 0 aromatic heterocycles. The summed E-state index contributed by atoms with van der Waals surface area (Å²) in [6.07, 6.45) is 0. The van der Waals surface area contributed by atoms with E-state index in [1.807, 2.05) is 0 Å². The van der Waals surface area contributed by atoms with E-state index < -0.39 is 17.3 Å². The van der Waals surface area contributed by atoms with Gasteiger partial charge in [-0.3, -0.25) is 9.59 Å². The zero-order valence-electron chi connectivity index (χ0n) is 6.55. The highest BCUT2D eigenvalue weighted by molar-refractivity contribution is 5.99. The highest BCUT2D eigenvalue weighted by Crippen LogP contribution is 2.30. The maximum atomic E-state index is 10.9. The molecule has 1 rings (SSSR count). The lowest BCUT2D eigenvalue weighted by molar-refractivity contribution is -0.148. The molecule has 2 N–H and O–H groups in total. The third-order valence-electron chi connectivity index (χ3n) is 2.01. The Bertz CT molecular complexity index is 210. The van der Waals surface area contributed by atoms with Gasteiger partial charge < -0.3 is 10.4 Å². The SMILES string of the molecule is CC1(C)CNC(=O)C1C(=O)O. The minimum atomic E-state index is -1.04. The quantitative estimate of drug-likeness (QED) is 0.520. The average molecular weight is 157 g/mol. The summed E-state index contributed by atoms with van der Waals surface area (Å²) < 4.78 is 0. The maximum Gasteiger partial charge on any atom is 0.316 e. The Morgan fingerprint density at radius 2 is 2.27 bits per heavy atom. The molecule has 1 fully saturated rings. The van der Waals surface area contributed by atoms with Crippen LogP contribution in [0.25, 0.3) is 0 Å². The van der Waals surface area contributed by atoms with Crippen molar-refractivity contribution in [3.05, 3.63) is 0 Å². The van der Waals surface area contributed by atoms with Gasteiger partial charge in [-0.05, 0) is 0 Å². The summed E-state index contributed by atoms with van der Waals surface area (Å²) in [6, 6.07) is 0. The van der Waals surface area contributed by atoms with Crippen LogP contribution in [-0.4, -0.2) is 23.5 Å². The molecule has 0 aromatic carbocycles. The number of nitrogens with one attached hydrogen (secondary N) is 1. The Balaban J connectivity index is 2.89. The van der Waals surface area contributed by atoms with Gasteiger partial charge in [0.25, 0.3) is 0 Å². The zero-order chi connectivity index (χ0) is 8.65. The third kappa shape index (κ3) is 1.20. The molecule has 1 saturated heterocycles. The van der Waals surface area contributed by atoms with Crippen LogP contribution in [0.3, 0.4) is 0 Å². The molecule has 11 heavy (non-hydrogen) atoms. The maximum absolute atomic E-state index is 10.9. The number of amides is 1. The van der Waals surface area contributed by atoms with Gasteiger partial charge >= 0.3 is 5.97 Å². The van der Waals surface area contributed by atoms with E-state index in [-0.39, 0.29) is 5.91 Å². The molecular weight excluding hydrogens is 146 g/mol. The van der Waals surface area contributed by atoms with Gasteiger partial charge in [0.2, 0.25) is 5.91 Å². The highest BCUT2D eigenvalue weighted by Gasteiger charge is 2.46. The number of carboxylic acids is 1. The average Bonchev–Trinajstić information content (AvgIpc) is 2.06. The van der Waals surface area contributed by atoms with E-state index in [1.54, 1.807) is 13.8 Å². The van der Waals surface area contributed by atoms with E-state index in [0.717, 1.165) is 0 Å². The van der Waals surface area contributed by atoms with Crippen LogP contribution in [0.1, 0.15) is 13.8 Å². The molecule has 0 radical (unpaired) electrons. The fourth-order valence-electron chi connectivity index (χ4n) is 1.32. The molecule has 1 aliphatic rings. The first-order chi connectivity index (χ1) is 4.95. The van der Waals surface area contributed by atoms with Crippen molar-refractivity contribution in [3.8, 4) is 0 Å². The molecule has 0 aliphatic carbocycles. The van der Waals surface area contributed by atoms with Crippen LogP contribution in [-0.2, 0) is 9.59 Å². The molecule has 1 atom stereocenters. The molecule has 0 spiro atoms. The Morgan fingerprint density at radius 1 is 1.73 bits per heavy atom. The monoisotopic (exact) mass is 157 g/mol. The number of aliphatic carboxylic acids is 1. The molecule has 1 aliphatic heterocycles. The molecule has 0 saturated carbocycles. The fraction of sp³-hybridized carbons (Fsp3) is 0.714. The highest BCUT2D eigenvalue weighted by atomic mass is 16.4. The number of carbonyl (C=O) groups is 2. The summed E-state index contributed by atoms with van der Waals surface area (Å²) in [7, 11) is 0. The molecule has 1 heterocycles. The van der Waals surface area contributed by atoms with Gasteiger partial charge in [-0.1, -0.05) is 13.8 Å². The number of hydrogen-bond donors (Lipinski definition) is 2. The zero-order valence-corrected chi connectivity index (χ0v) is 6.55. The minimum Gasteiger partial charge on any atom is -0.481 e. The van der Waals surface area contributed by atoms with Crippen molar-refractivity contribution in [2.24, 2.45) is 11.3 Å². The van der Waals surface area contributed by atoms with E-state index in [0.29, 0.717) is 6.54 Å². The predicted octanol–water partition coefficient (Wildman–Crippen LogP) is -0.157. The molecule has 4 heteroatoms. The second kappa shape index (κ2) is 2.22. The smallest absolute Gasteiger partial charge is 0.316 e. The van der Waals surface area contributed by atoms with Crippen molar-refractivity contribution in [3.63, 3.8) is 0 Å². The standard InChI is InChI=1S/C7H11NO3/c1-7(2)3-8-5(9)4(7)6(10)11/h4H,3H2,1-2H3,(H,8,9)(H,10,11). The number of hydrogen-bond acceptors (Lipinski definition) is 2. The molecule has 0 bridgehead atoms. The van der Waals surface area contributed by atoms with Crippen LogP contribution in [0.2, 0.25) is 0 Å². The summed E-state index contributed by atoms with van der Waals surface area (Å²) in [5.74, 6) is -2.30. The van der Waals surface area contributed by atoms with Crippen molar-refractivity contribution in [1.29, 1.82) is 0 Å². The van der Waals surface area contributed by atoms with Gasteiger partial charge in [0.05, 0.1) is 0 Å². The van der Waals surface area contributed by atoms with Crippen LogP contribution in [0.15, 0.2) is 0 Å². The number of carboxylic acid groups (broad SMARTS) is 1. The van der Waals surface area contributed by atoms with Crippen LogP contribution < -0.4 is 5.32 Å². The van der Waals surface area contributed by atoms with Crippen LogP contribution in [0, 0.1) is 11.3 Å². The topological polar surface area (TPSA) is 66.4 Å². The molecule has 1 unspecified atom stereocenters. The Hall–Kier alpha value is -1.06. The summed E-state index contributed by atoms with van der Waals surface area (Å²) >= 11 is 0. The lowest BCUT2D eigenvalue weighted by atomic mass is 9.82. The Labute approximate surface area is 64.6 Å². The van der Waals surface area contributed by atoms with Gasteiger partial charge in [0, 0.05) is 12.0 Å². The van der Waals surface area contributed by atoms with Crippen molar-refractivity contribution < 1.29 is 14.7 Å². The van der Waals surface area contributed by atoms with Crippen molar-refractivity contribution in [1.82, 2.24) is 5.32 Å². The Morgan fingerprint density at radius 3 is 2.45 bits per heavy atom. The number of carbonyl (C=O) groups excluding carboxylic acids is 1. The molecular formula is C7H11NO3. The van der Waals surface area contributed by atoms with Gasteiger partial charge in [0.15, 0.2) is 0 Å². The van der Waals surface area contributed by atoms with Crippen molar-refractivity contribution >= 4 is 11.9 Å². The van der Waals surface area contributed by atoms with Gasteiger partial charge in [-0.25, -0.2) is 0 Å². The summed E-state index contributed by atoms with van der Waals surface area (Å²) in [5.41, 5.74) is -0.455. The lowest BCUT2D eigenvalue weighted by Crippen LogP contribution is -2.31. The fourth-order valence-corrected chi connectivity index (χ4v) is 1.32. The second-order valence-electron chi connectivity index (χ2n) is 3.48. The first-order valence-electron chi connectivity index (χ1n) is 3.45. The normalized spacial score (nSPS) is 28.2. The lowest BCUT2D eigenvalue weighted by Gasteiger charge is -2.19. The molecule has 0 aromatic rings. The molecule has 1 amide bonds. The van der Waals surface area contributed by atoms with Gasteiger partial charge in [-0.2, -0.15) is 0 Å². The van der Waals surface area contributed by atoms with E-state index in [4.69, 9.17) is 5.11 Å². The van der Waals surface area contributed by atoms with E-state index in [1.165, 1.54) is 0 Å². The van der Waals surface area contributed by atoms with E-state index >= 15 is 0 Å².